The first kappa shape index (κ1) is 17.5. The van der Waals surface area contributed by atoms with Crippen molar-refractivity contribution in [3.63, 3.8) is 0 Å². The summed E-state index contributed by atoms with van der Waals surface area (Å²) >= 11 is 6.00. The van der Waals surface area contributed by atoms with Gasteiger partial charge in [0.2, 0.25) is 0 Å². The monoisotopic (exact) mass is 334 g/mol. The van der Waals surface area contributed by atoms with Crippen LogP contribution < -0.4 is 10.6 Å². The largest absolute Gasteiger partial charge is 0.385 e. The van der Waals surface area contributed by atoms with Crippen LogP contribution in [0.5, 0.6) is 0 Å². The van der Waals surface area contributed by atoms with Crippen LogP contribution in [0.25, 0.3) is 0 Å². The molecule has 0 fully saturated rings. The zero-order chi connectivity index (χ0) is 16.5. The van der Waals surface area contributed by atoms with Crippen molar-refractivity contribution in [1.82, 2.24) is 9.97 Å². The lowest BCUT2D eigenvalue weighted by Gasteiger charge is -2.10. The van der Waals surface area contributed by atoms with E-state index in [1.165, 1.54) is 5.56 Å². The van der Waals surface area contributed by atoms with Crippen LogP contribution in [0, 0.1) is 6.92 Å². The highest BCUT2D eigenvalue weighted by Gasteiger charge is 2.02. The summed E-state index contributed by atoms with van der Waals surface area (Å²) < 4.78 is 5.04. The Balaban J connectivity index is 1.85. The Morgan fingerprint density at radius 3 is 2.52 bits per heavy atom. The molecule has 0 atom stereocenters. The molecule has 2 rings (SSSR count). The van der Waals surface area contributed by atoms with Crippen LogP contribution in [0.1, 0.15) is 17.8 Å². The number of anilines is 2. The molecule has 0 bridgehead atoms. The van der Waals surface area contributed by atoms with Gasteiger partial charge in [0, 0.05) is 37.9 Å². The van der Waals surface area contributed by atoms with Crippen LogP contribution >= 0.6 is 11.6 Å². The summed E-state index contributed by atoms with van der Waals surface area (Å²) in [5.41, 5.74) is 1.20. The van der Waals surface area contributed by atoms with Gasteiger partial charge in [-0.05, 0) is 37.5 Å². The van der Waals surface area contributed by atoms with Gasteiger partial charge in [-0.3, -0.25) is 0 Å². The van der Waals surface area contributed by atoms with E-state index in [4.69, 9.17) is 16.3 Å². The summed E-state index contributed by atoms with van der Waals surface area (Å²) in [6, 6.07) is 9.83. The molecular formula is C17H23ClN4O. The molecule has 0 radical (unpaired) electrons. The summed E-state index contributed by atoms with van der Waals surface area (Å²) in [6.07, 6.45) is 1.83. The molecule has 0 saturated carbocycles. The third-order valence-electron chi connectivity index (χ3n) is 3.28. The van der Waals surface area contributed by atoms with E-state index in [9.17, 15) is 0 Å². The van der Waals surface area contributed by atoms with E-state index in [2.05, 4.69) is 26.7 Å². The number of hydrogen-bond donors (Lipinski definition) is 2. The molecule has 0 aliphatic rings. The van der Waals surface area contributed by atoms with Gasteiger partial charge in [-0.25, -0.2) is 9.97 Å². The summed E-state index contributed by atoms with van der Waals surface area (Å²) in [6.45, 7) is 4.25. The van der Waals surface area contributed by atoms with Crippen molar-refractivity contribution in [2.75, 3.05) is 37.4 Å². The topological polar surface area (TPSA) is 59.1 Å². The van der Waals surface area contributed by atoms with Crippen molar-refractivity contribution in [2.45, 2.75) is 19.8 Å². The van der Waals surface area contributed by atoms with Gasteiger partial charge >= 0.3 is 0 Å². The summed E-state index contributed by atoms with van der Waals surface area (Å²) in [5, 5.41) is 7.39. The first-order valence-corrected chi connectivity index (χ1v) is 8.12. The highest BCUT2D eigenvalue weighted by molar-refractivity contribution is 6.30. The molecule has 1 aromatic heterocycles. The van der Waals surface area contributed by atoms with Gasteiger partial charge in [-0.2, -0.15) is 0 Å². The number of aromatic nitrogens is 2. The first-order chi connectivity index (χ1) is 11.2. The van der Waals surface area contributed by atoms with Gasteiger partial charge in [0.1, 0.15) is 17.5 Å². The maximum absolute atomic E-state index is 6.00. The van der Waals surface area contributed by atoms with Crippen molar-refractivity contribution in [3.8, 4) is 0 Å². The SMILES string of the molecule is COCCCNc1cc(NCCc2cccc(Cl)c2)nc(C)n1. The van der Waals surface area contributed by atoms with E-state index in [0.717, 1.165) is 55.0 Å². The molecule has 0 aliphatic carbocycles. The molecule has 1 aromatic carbocycles. The number of methoxy groups -OCH3 is 1. The molecule has 0 aliphatic heterocycles. The maximum Gasteiger partial charge on any atom is 0.131 e. The van der Waals surface area contributed by atoms with Crippen LogP contribution in [-0.2, 0) is 11.2 Å². The number of ether oxygens (including phenoxy) is 1. The number of nitrogens with zero attached hydrogens (tertiary/aromatic N) is 2. The third-order valence-corrected chi connectivity index (χ3v) is 3.51. The number of hydrogen-bond acceptors (Lipinski definition) is 5. The number of benzene rings is 1. The zero-order valence-electron chi connectivity index (χ0n) is 13.6. The van der Waals surface area contributed by atoms with Crippen molar-refractivity contribution in [1.29, 1.82) is 0 Å². The molecule has 5 nitrogen and oxygen atoms in total. The van der Waals surface area contributed by atoms with Crippen molar-refractivity contribution < 1.29 is 4.74 Å². The predicted octanol–water partition coefficient (Wildman–Crippen LogP) is 3.54. The van der Waals surface area contributed by atoms with Crippen LogP contribution in [0.4, 0.5) is 11.6 Å². The molecule has 6 heteroatoms. The van der Waals surface area contributed by atoms with Gasteiger partial charge < -0.3 is 15.4 Å². The smallest absolute Gasteiger partial charge is 0.131 e. The van der Waals surface area contributed by atoms with E-state index in [1.807, 2.05) is 31.2 Å². The predicted molar refractivity (Wildman–Crippen MR) is 95.4 cm³/mol. The Labute approximate surface area is 142 Å². The standard InChI is InChI=1S/C17H23ClN4O/c1-13-21-16(19-8-4-10-23-2)12-17(22-13)20-9-7-14-5-3-6-15(18)11-14/h3,5-6,11-12H,4,7-10H2,1-2H3,(H2,19,20,21,22). The Hall–Kier alpha value is -1.85. The van der Waals surface area contributed by atoms with E-state index < -0.39 is 0 Å². The average molecular weight is 335 g/mol. The second-order valence-corrected chi connectivity index (χ2v) is 5.70. The molecule has 0 saturated heterocycles. The lowest BCUT2D eigenvalue weighted by molar-refractivity contribution is 0.198. The molecule has 2 aromatic rings. The lowest BCUT2D eigenvalue weighted by atomic mass is 10.1. The second-order valence-electron chi connectivity index (χ2n) is 5.27. The maximum atomic E-state index is 6.00. The molecular weight excluding hydrogens is 312 g/mol. The van der Waals surface area contributed by atoms with Gasteiger partial charge in [0.15, 0.2) is 0 Å². The molecule has 0 spiro atoms. The summed E-state index contributed by atoms with van der Waals surface area (Å²) in [4.78, 5) is 8.80. The normalized spacial score (nSPS) is 10.6. The molecule has 0 amide bonds. The third kappa shape index (κ3) is 6.42. The Bertz CT molecular complexity index is 621. The minimum absolute atomic E-state index is 0.738. The van der Waals surface area contributed by atoms with Crippen molar-refractivity contribution >= 4 is 23.2 Å². The van der Waals surface area contributed by atoms with E-state index >= 15 is 0 Å². The van der Waals surface area contributed by atoms with Crippen molar-refractivity contribution in [3.05, 3.63) is 46.7 Å². The minimum atomic E-state index is 0.738. The van der Waals surface area contributed by atoms with Crippen LogP contribution in [-0.4, -0.2) is 36.8 Å². The Morgan fingerprint density at radius 2 is 1.83 bits per heavy atom. The zero-order valence-corrected chi connectivity index (χ0v) is 14.4. The van der Waals surface area contributed by atoms with E-state index in [-0.39, 0.29) is 0 Å². The molecule has 1 heterocycles. The highest BCUT2D eigenvalue weighted by atomic mass is 35.5. The fourth-order valence-corrected chi connectivity index (χ4v) is 2.42. The molecule has 124 valence electrons. The highest BCUT2D eigenvalue weighted by Crippen LogP contribution is 2.13. The molecule has 23 heavy (non-hydrogen) atoms. The number of rotatable bonds is 9. The lowest BCUT2D eigenvalue weighted by Crippen LogP contribution is -2.10. The molecule has 0 unspecified atom stereocenters. The van der Waals surface area contributed by atoms with Gasteiger partial charge in [0.05, 0.1) is 0 Å². The van der Waals surface area contributed by atoms with Gasteiger partial charge in [-0.15, -0.1) is 0 Å². The fourth-order valence-electron chi connectivity index (χ4n) is 2.21. The number of halogens is 1. The first-order valence-electron chi connectivity index (χ1n) is 7.74. The van der Waals surface area contributed by atoms with Gasteiger partial charge in [0.25, 0.3) is 0 Å². The second kappa shape index (κ2) is 9.33. The fraction of sp³-hybridized carbons (Fsp3) is 0.412. The summed E-state index contributed by atoms with van der Waals surface area (Å²) in [5.74, 6) is 2.40. The minimum Gasteiger partial charge on any atom is -0.385 e. The van der Waals surface area contributed by atoms with Crippen molar-refractivity contribution in [2.24, 2.45) is 0 Å². The summed E-state index contributed by atoms with van der Waals surface area (Å²) in [7, 11) is 1.71. The Kier molecular flexibility index (Phi) is 7.10. The Morgan fingerprint density at radius 1 is 1.09 bits per heavy atom. The quantitative estimate of drug-likeness (QED) is 0.687. The average Bonchev–Trinajstić information content (AvgIpc) is 2.51. The van der Waals surface area contributed by atoms with E-state index in [0.29, 0.717) is 0 Å². The van der Waals surface area contributed by atoms with Gasteiger partial charge in [-0.1, -0.05) is 23.7 Å². The van der Waals surface area contributed by atoms with Crippen LogP contribution in [0.3, 0.4) is 0 Å². The van der Waals surface area contributed by atoms with Crippen LogP contribution in [0.15, 0.2) is 30.3 Å². The molecule has 2 N–H and O–H groups in total. The number of aryl methyl sites for hydroxylation is 1. The van der Waals surface area contributed by atoms with Crippen LogP contribution in [0.2, 0.25) is 5.02 Å². The number of nitrogens with one attached hydrogen (secondary N) is 2. The van der Waals surface area contributed by atoms with E-state index in [1.54, 1.807) is 7.11 Å².